The molecule has 452 valence electrons. The molecule has 2 radical (unpaired) electrons. The van der Waals surface area contributed by atoms with Crippen molar-refractivity contribution in [1.82, 2.24) is 55.8 Å². The van der Waals surface area contributed by atoms with Gasteiger partial charge < -0.3 is 54.0 Å². The van der Waals surface area contributed by atoms with Gasteiger partial charge in [-0.1, -0.05) is 0 Å². The molecule has 1 amide bonds. The molecule has 8 heterocycles. The predicted molar refractivity (Wildman–Crippen MR) is 336 cm³/mol. The van der Waals surface area contributed by atoms with Gasteiger partial charge in [0.1, 0.15) is 33.8 Å². The number of carbonyl (C=O) groups excluding carboxylic acids is 1. The minimum atomic E-state index is -0.433. The molecule has 2 aliphatic heterocycles. The Kier molecular flexibility index (Phi) is 16.9. The van der Waals surface area contributed by atoms with Gasteiger partial charge in [0, 0.05) is 97.2 Å². The first-order chi connectivity index (χ1) is 43.0. The van der Waals surface area contributed by atoms with Gasteiger partial charge in [0.25, 0.3) is 0 Å². The Morgan fingerprint density at radius 2 is 0.865 bits per heavy atom. The van der Waals surface area contributed by atoms with E-state index in [2.05, 4.69) is 50.9 Å². The van der Waals surface area contributed by atoms with E-state index in [-0.39, 0.29) is 28.8 Å². The first-order valence-corrected chi connectivity index (χ1v) is 29.3. The zero-order chi connectivity index (χ0) is 62.0. The Labute approximate surface area is 510 Å². The van der Waals surface area contributed by atoms with E-state index in [1.165, 1.54) is 24.7 Å². The number of piperidine rings is 2. The minimum Gasteiger partial charge on any atom is -0.508 e. The summed E-state index contributed by atoms with van der Waals surface area (Å²) in [6.07, 6.45) is 8.39. The van der Waals surface area contributed by atoms with Crippen LogP contribution < -0.4 is 29.0 Å². The Morgan fingerprint density at radius 3 is 1.26 bits per heavy atom. The standard InChI is InChI=1S/C25H24BFN4O3.C24H25FN4O2.C18H14FN3O2/c1-14-9-17-20(11-22(14)33-13-16-5-7-31(8-6-16)25(26)32)30-28-12-23(17)34-21-4-3-19-18(24(21)27)10-15(2)29-19;1-14-9-17-20(11-22(14)30-13-16-5-7-26-8-6-16)29-27-12-23(17)31-21-4-3-19-18(24(21)25)10-15(2)28-19;1-9-5-11-14(7-15(9)23)22-20-8-17(11)24-16-4-3-13-12(18(16)19)6-10(2)21-13/h3-4,9-12,16,29H,5-8,13H2,1-2H3;3-4,9-12,16,26,28H,5-8,13H2,1-2H3;3-8,21,23H,1-2H3. The third-order valence-electron chi connectivity index (χ3n) is 16.2. The molecule has 12 aromatic rings. The maximum Gasteiger partial charge on any atom is 0.200 e. The van der Waals surface area contributed by atoms with Crippen molar-refractivity contribution in [2.24, 2.45) is 11.8 Å². The number of rotatable bonds is 12. The van der Waals surface area contributed by atoms with Crippen LogP contribution in [0.1, 0.15) is 59.5 Å². The number of amides is 1. The number of phenols is 1. The van der Waals surface area contributed by atoms with Gasteiger partial charge in [0.2, 0.25) is 7.85 Å². The summed E-state index contributed by atoms with van der Waals surface area (Å²) in [5.74, 6) is 2.59. The summed E-state index contributed by atoms with van der Waals surface area (Å²) in [6.45, 7) is 16.0. The summed E-state index contributed by atoms with van der Waals surface area (Å²) in [6, 6.07) is 26.3. The van der Waals surface area contributed by atoms with Gasteiger partial charge in [-0.2, -0.15) is 30.6 Å². The van der Waals surface area contributed by atoms with Crippen molar-refractivity contribution in [3.63, 3.8) is 0 Å². The van der Waals surface area contributed by atoms with Crippen LogP contribution in [0.25, 0.3) is 65.4 Å². The van der Waals surface area contributed by atoms with Crippen molar-refractivity contribution in [3.05, 3.63) is 161 Å². The molecule has 0 unspecified atom stereocenters. The minimum absolute atomic E-state index is 0.113. The molecule has 2 aliphatic rings. The lowest BCUT2D eigenvalue weighted by Crippen LogP contribution is -2.39. The van der Waals surface area contributed by atoms with E-state index in [9.17, 15) is 18.7 Å². The highest BCUT2D eigenvalue weighted by Crippen LogP contribution is 2.39. The second-order valence-corrected chi connectivity index (χ2v) is 22.8. The van der Waals surface area contributed by atoms with Crippen molar-refractivity contribution in [3.8, 4) is 51.7 Å². The smallest absolute Gasteiger partial charge is 0.200 e. The van der Waals surface area contributed by atoms with Crippen LogP contribution in [0, 0.1) is 70.8 Å². The highest BCUT2D eigenvalue weighted by atomic mass is 19.1. The van der Waals surface area contributed by atoms with E-state index < -0.39 is 17.5 Å². The third-order valence-corrected chi connectivity index (χ3v) is 16.2. The number of aromatic nitrogens is 9. The molecule has 6 aromatic heterocycles. The summed E-state index contributed by atoms with van der Waals surface area (Å²) in [5.41, 5.74) is 9.14. The van der Waals surface area contributed by atoms with Crippen LogP contribution in [-0.2, 0) is 0 Å². The van der Waals surface area contributed by atoms with Crippen LogP contribution in [0.15, 0.2) is 110 Å². The number of benzene rings is 6. The third kappa shape index (κ3) is 12.9. The molecular weight excluding hydrogens is 1140 g/mol. The van der Waals surface area contributed by atoms with Gasteiger partial charge in [0.15, 0.2) is 57.8 Å². The average molecular weight is 1200 g/mol. The van der Waals surface area contributed by atoms with Crippen molar-refractivity contribution >= 4 is 79.1 Å². The van der Waals surface area contributed by atoms with E-state index >= 15 is 4.39 Å². The van der Waals surface area contributed by atoms with Gasteiger partial charge in [-0.15, -0.1) is 0 Å². The molecular formula is C67H63BF3N11O7. The molecule has 22 heteroatoms. The molecule has 0 saturated carbocycles. The van der Waals surface area contributed by atoms with Crippen LogP contribution >= 0.6 is 0 Å². The van der Waals surface area contributed by atoms with Crippen molar-refractivity contribution in [1.29, 1.82) is 0 Å². The number of fused-ring (bicyclic) bond motifs is 6. The number of carbonyl (C=O) groups is 1. The molecule has 5 N–H and O–H groups in total. The molecule has 2 saturated heterocycles. The molecule has 0 spiro atoms. The molecule has 0 atom stereocenters. The molecule has 14 rings (SSSR count). The van der Waals surface area contributed by atoms with Crippen LogP contribution in [-0.4, -0.2) is 109 Å². The summed E-state index contributed by atoms with van der Waals surface area (Å²) in [7, 11) is 5.36. The van der Waals surface area contributed by atoms with Crippen LogP contribution in [0.2, 0.25) is 0 Å². The van der Waals surface area contributed by atoms with Crippen LogP contribution in [0.4, 0.5) is 18.0 Å². The summed E-state index contributed by atoms with van der Waals surface area (Å²) < 4.78 is 74.6. The number of aromatic amines is 3. The normalized spacial score (nSPS) is 13.8. The number of halogens is 3. The van der Waals surface area contributed by atoms with E-state index in [0.29, 0.717) is 105 Å². The summed E-state index contributed by atoms with van der Waals surface area (Å²) in [5, 5.41) is 41.2. The fraction of sp³-hybridized carbons (Fsp3) is 0.269. The largest absolute Gasteiger partial charge is 0.508 e. The van der Waals surface area contributed by atoms with E-state index in [1.807, 2.05) is 65.0 Å². The number of hydrogen-bond donors (Lipinski definition) is 5. The number of phenolic OH excluding ortho intramolecular Hbond substituents is 1. The second-order valence-electron chi connectivity index (χ2n) is 22.8. The zero-order valence-electron chi connectivity index (χ0n) is 49.9. The number of nitrogens with zero attached hydrogens (tertiary/aromatic N) is 7. The fourth-order valence-electron chi connectivity index (χ4n) is 11.3. The summed E-state index contributed by atoms with van der Waals surface area (Å²) in [4.78, 5) is 22.3. The van der Waals surface area contributed by atoms with E-state index in [4.69, 9.17) is 31.5 Å². The van der Waals surface area contributed by atoms with E-state index in [0.717, 1.165) is 100 Å². The second kappa shape index (κ2) is 25.4. The average Bonchev–Trinajstić information content (AvgIpc) is 2.03. The molecule has 89 heavy (non-hydrogen) atoms. The zero-order valence-corrected chi connectivity index (χ0v) is 49.9. The highest BCUT2D eigenvalue weighted by molar-refractivity contribution is 6.56. The van der Waals surface area contributed by atoms with Crippen molar-refractivity contribution < 1.29 is 46.8 Å². The molecule has 0 aliphatic carbocycles. The lowest BCUT2D eigenvalue weighted by molar-refractivity contribution is 0.157. The van der Waals surface area contributed by atoms with Crippen LogP contribution in [0.3, 0.4) is 0 Å². The monoisotopic (exact) mass is 1200 g/mol. The Bertz CT molecular complexity index is 4640. The number of ether oxygens (including phenoxy) is 5. The van der Waals surface area contributed by atoms with Gasteiger partial charge in [0.05, 0.1) is 31.8 Å². The predicted octanol–water partition coefficient (Wildman–Crippen LogP) is 14.4. The summed E-state index contributed by atoms with van der Waals surface area (Å²) >= 11 is 0. The lowest BCUT2D eigenvalue weighted by Gasteiger charge is -2.31. The Balaban J connectivity index is 0.000000132. The number of hydrogen-bond acceptors (Lipinski definition) is 14. The SMILES string of the molecule is Cc1cc2c(F)c(Oc3cnnc4cc(O)c(C)cc34)ccc2[nH]1.Cc1cc2c(F)c(Oc3cnnc4cc(OCC5CCNCC5)c(C)cc34)ccc2[nH]1.[B]C(=O)N1CCC(COc2cc3nncc(Oc4ccc5[nH]c(C)cc5c4F)c3cc2C)CC1. The fourth-order valence-corrected chi connectivity index (χ4v) is 11.3. The quantitative estimate of drug-likeness (QED) is 0.0718. The maximum atomic E-state index is 15.0. The first kappa shape index (κ1) is 59.4. The maximum absolute atomic E-state index is 15.0. The Hall–Kier alpha value is -9.96. The highest BCUT2D eigenvalue weighted by Gasteiger charge is 2.23. The number of H-pyrrole nitrogens is 3. The van der Waals surface area contributed by atoms with Gasteiger partial charge in [-0.3, -0.25) is 4.79 Å². The molecule has 18 nitrogen and oxygen atoms in total. The van der Waals surface area contributed by atoms with Crippen molar-refractivity contribution in [2.45, 2.75) is 67.2 Å². The van der Waals surface area contributed by atoms with Gasteiger partial charge in [-0.05, 0) is 182 Å². The van der Waals surface area contributed by atoms with Gasteiger partial charge >= 0.3 is 0 Å². The number of aromatic hydroxyl groups is 1. The number of likely N-dealkylation sites (tertiary alicyclic amines) is 1. The van der Waals surface area contributed by atoms with Crippen LogP contribution in [0.5, 0.6) is 51.7 Å². The lowest BCUT2D eigenvalue weighted by atomic mass is 9.95. The number of aryl methyl sites for hydroxylation is 6. The van der Waals surface area contributed by atoms with Gasteiger partial charge in [-0.25, -0.2) is 13.2 Å². The van der Waals surface area contributed by atoms with Crippen molar-refractivity contribution in [2.75, 3.05) is 39.4 Å². The topological polar surface area (TPSA) is 223 Å². The first-order valence-electron chi connectivity index (χ1n) is 29.3. The number of nitrogens with one attached hydrogen (secondary N) is 4. The van der Waals surface area contributed by atoms with E-state index in [1.54, 1.807) is 66.4 Å². The molecule has 6 aromatic carbocycles. The molecule has 2 fully saturated rings. The molecule has 0 bridgehead atoms. The Morgan fingerprint density at radius 1 is 0.494 bits per heavy atom.